The van der Waals surface area contributed by atoms with Gasteiger partial charge < -0.3 is 5.32 Å². The zero-order valence-electron chi connectivity index (χ0n) is 12.0. The van der Waals surface area contributed by atoms with Gasteiger partial charge >= 0.3 is 0 Å². The van der Waals surface area contributed by atoms with Crippen molar-refractivity contribution < 1.29 is 4.79 Å². The van der Waals surface area contributed by atoms with Gasteiger partial charge in [-0.25, -0.2) is 4.98 Å². The van der Waals surface area contributed by atoms with E-state index < -0.39 is 0 Å². The average Bonchev–Trinajstić information content (AvgIpc) is 2.91. The van der Waals surface area contributed by atoms with Crippen molar-refractivity contribution in [3.8, 4) is 0 Å². The maximum Gasteiger partial charge on any atom is 0.225 e. The highest BCUT2D eigenvalue weighted by molar-refractivity contribution is 7.98. The number of aryl methyl sites for hydroxylation is 1. The number of amides is 1. The number of aromatic nitrogens is 1. The van der Waals surface area contributed by atoms with Gasteiger partial charge in [-0.1, -0.05) is 24.3 Å². The molecule has 0 aliphatic heterocycles. The highest BCUT2D eigenvalue weighted by atomic mass is 32.2. The number of carbonyl (C=O) groups is 1. The molecule has 0 radical (unpaired) electrons. The first-order valence-corrected chi connectivity index (χ1v) is 8.36. The molecule has 1 aromatic heterocycles. The standard InChI is InChI=1S/C17H18N2OS/c1-21-17-9-8-14(11-18-17)19-16(20)10-13-7-6-12-4-2-3-5-15(12)13/h2-5,8-9,11,13H,6-7,10H2,1H3,(H,19,20). The number of rotatable bonds is 4. The summed E-state index contributed by atoms with van der Waals surface area (Å²) >= 11 is 1.59. The summed E-state index contributed by atoms with van der Waals surface area (Å²) in [6.07, 6.45) is 6.39. The van der Waals surface area contributed by atoms with Gasteiger partial charge in [0.1, 0.15) is 0 Å². The van der Waals surface area contributed by atoms with E-state index in [1.165, 1.54) is 11.1 Å². The highest BCUT2D eigenvalue weighted by Crippen LogP contribution is 2.35. The summed E-state index contributed by atoms with van der Waals surface area (Å²) in [5.74, 6) is 0.412. The van der Waals surface area contributed by atoms with Gasteiger partial charge in [-0.3, -0.25) is 4.79 Å². The number of hydrogen-bond acceptors (Lipinski definition) is 3. The summed E-state index contributed by atoms with van der Waals surface area (Å²) in [4.78, 5) is 16.5. The van der Waals surface area contributed by atoms with Crippen LogP contribution in [0.3, 0.4) is 0 Å². The van der Waals surface area contributed by atoms with E-state index in [9.17, 15) is 4.79 Å². The number of fused-ring (bicyclic) bond motifs is 1. The predicted octanol–water partition coefficient (Wildman–Crippen LogP) is 3.86. The molecule has 21 heavy (non-hydrogen) atoms. The maximum atomic E-state index is 12.2. The molecule has 4 heteroatoms. The van der Waals surface area contributed by atoms with Gasteiger partial charge in [-0.05, 0) is 48.3 Å². The fraction of sp³-hybridized carbons (Fsp3) is 0.294. The molecule has 1 N–H and O–H groups in total. The molecule has 1 aliphatic rings. The van der Waals surface area contributed by atoms with Crippen LogP contribution in [0.25, 0.3) is 0 Å². The molecular formula is C17H18N2OS. The van der Waals surface area contributed by atoms with Crippen molar-refractivity contribution in [2.24, 2.45) is 0 Å². The molecule has 1 atom stereocenters. The molecule has 0 saturated carbocycles. The fourth-order valence-corrected chi connectivity index (χ4v) is 3.23. The lowest BCUT2D eigenvalue weighted by Gasteiger charge is -2.11. The molecule has 1 heterocycles. The number of thioether (sulfide) groups is 1. The smallest absolute Gasteiger partial charge is 0.225 e. The molecule has 1 aliphatic carbocycles. The minimum atomic E-state index is 0.0652. The Balaban J connectivity index is 1.62. The Bertz CT molecular complexity index is 639. The van der Waals surface area contributed by atoms with Gasteiger partial charge in [0.25, 0.3) is 0 Å². The minimum absolute atomic E-state index is 0.0652. The average molecular weight is 298 g/mol. The molecular weight excluding hydrogens is 280 g/mol. The molecule has 1 amide bonds. The van der Waals surface area contributed by atoms with Gasteiger partial charge in [-0.2, -0.15) is 0 Å². The molecule has 1 unspecified atom stereocenters. The first-order chi connectivity index (χ1) is 10.3. The Morgan fingerprint density at radius 2 is 2.19 bits per heavy atom. The SMILES string of the molecule is CSc1ccc(NC(=O)CC2CCc3ccccc32)cn1. The first kappa shape index (κ1) is 14.1. The summed E-state index contributed by atoms with van der Waals surface area (Å²) in [6.45, 7) is 0. The lowest BCUT2D eigenvalue weighted by Crippen LogP contribution is -2.14. The quantitative estimate of drug-likeness (QED) is 0.871. The molecule has 3 nitrogen and oxygen atoms in total. The van der Waals surface area contributed by atoms with Crippen molar-refractivity contribution in [2.75, 3.05) is 11.6 Å². The van der Waals surface area contributed by atoms with E-state index in [1.54, 1.807) is 18.0 Å². The van der Waals surface area contributed by atoms with Gasteiger partial charge in [0, 0.05) is 6.42 Å². The predicted molar refractivity (Wildman–Crippen MR) is 86.8 cm³/mol. The van der Waals surface area contributed by atoms with Crippen LogP contribution in [-0.4, -0.2) is 17.1 Å². The van der Waals surface area contributed by atoms with E-state index in [4.69, 9.17) is 0 Å². The number of nitrogens with zero attached hydrogens (tertiary/aromatic N) is 1. The van der Waals surface area contributed by atoms with Gasteiger partial charge in [0.2, 0.25) is 5.91 Å². The number of carbonyl (C=O) groups excluding carboxylic acids is 1. The van der Waals surface area contributed by atoms with Crippen molar-refractivity contribution in [2.45, 2.75) is 30.2 Å². The Morgan fingerprint density at radius 1 is 1.33 bits per heavy atom. The van der Waals surface area contributed by atoms with Crippen LogP contribution in [0.1, 0.15) is 29.9 Å². The molecule has 3 rings (SSSR count). The Morgan fingerprint density at radius 3 is 2.95 bits per heavy atom. The van der Waals surface area contributed by atoms with Crippen LogP contribution in [-0.2, 0) is 11.2 Å². The fourth-order valence-electron chi connectivity index (χ4n) is 2.87. The van der Waals surface area contributed by atoms with Crippen LogP contribution in [0.15, 0.2) is 47.6 Å². The van der Waals surface area contributed by atoms with E-state index >= 15 is 0 Å². The first-order valence-electron chi connectivity index (χ1n) is 7.14. The summed E-state index contributed by atoms with van der Waals surface area (Å²) in [6, 6.07) is 12.3. The van der Waals surface area contributed by atoms with Crippen molar-refractivity contribution in [1.82, 2.24) is 4.98 Å². The zero-order valence-corrected chi connectivity index (χ0v) is 12.8. The second kappa shape index (κ2) is 6.31. The van der Waals surface area contributed by atoms with Crippen LogP contribution in [0.2, 0.25) is 0 Å². The number of anilines is 1. The van der Waals surface area contributed by atoms with Crippen LogP contribution >= 0.6 is 11.8 Å². The Hall–Kier alpha value is -1.81. The molecule has 0 saturated heterocycles. The van der Waals surface area contributed by atoms with Crippen LogP contribution in [0.5, 0.6) is 0 Å². The van der Waals surface area contributed by atoms with Crippen LogP contribution in [0, 0.1) is 0 Å². The summed E-state index contributed by atoms with van der Waals surface area (Å²) in [5, 5.41) is 3.90. The molecule has 108 valence electrons. The Labute approximate surface area is 129 Å². The third kappa shape index (κ3) is 3.27. The second-order valence-electron chi connectivity index (χ2n) is 5.28. The largest absolute Gasteiger partial charge is 0.325 e. The molecule has 2 aromatic rings. The molecule has 0 bridgehead atoms. The maximum absolute atomic E-state index is 12.2. The third-order valence-electron chi connectivity index (χ3n) is 3.92. The zero-order chi connectivity index (χ0) is 14.7. The number of benzene rings is 1. The molecule has 0 fully saturated rings. The van der Waals surface area contributed by atoms with E-state index in [1.807, 2.05) is 18.4 Å². The highest BCUT2D eigenvalue weighted by Gasteiger charge is 2.24. The van der Waals surface area contributed by atoms with E-state index in [0.29, 0.717) is 12.3 Å². The van der Waals surface area contributed by atoms with E-state index in [2.05, 4.69) is 34.6 Å². The summed E-state index contributed by atoms with van der Waals surface area (Å²) in [5.41, 5.74) is 3.49. The van der Waals surface area contributed by atoms with Crippen molar-refractivity contribution in [3.63, 3.8) is 0 Å². The van der Waals surface area contributed by atoms with Crippen molar-refractivity contribution >= 4 is 23.4 Å². The number of nitrogens with one attached hydrogen (secondary N) is 1. The summed E-state index contributed by atoms with van der Waals surface area (Å²) in [7, 11) is 0. The normalized spacial score (nSPS) is 16.5. The second-order valence-corrected chi connectivity index (χ2v) is 6.10. The van der Waals surface area contributed by atoms with Crippen LogP contribution < -0.4 is 5.32 Å². The van der Waals surface area contributed by atoms with Gasteiger partial charge in [0.15, 0.2) is 0 Å². The van der Waals surface area contributed by atoms with Crippen LogP contribution in [0.4, 0.5) is 5.69 Å². The number of pyridine rings is 1. The number of hydrogen-bond donors (Lipinski definition) is 1. The van der Waals surface area contributed by atoms with Crippen molar-refractivity contribution in [1.29, 1.82) is 0 Å². The van der Waals surface area contributed by atoms with E-state index in [0.717, 1.165) is 23.6 Å². The lowest BCUT2D eigenvalue weighted by molar-refractivity contribution is -0.116. The monoisotopic (exact) mass is 298 g/mol. The third-order valence-corrected chi connectivity index (χ3v) is 4.58. The van der Waals surface area contributed by atoms with Gasteiger partial charge in [-0.15, -0.1) is 11.8 Å². The lowest BCUT2D eigenvalue weighted by atomic mass is 9.97. The van der Waals surface area contributed by atoms with E-state index in [-0.39, 0.29) is 5.91 Å². The van der Waals surface area contributed by atoms with Crippen molar-refractivity contribution in [3.05, 3.63) is 53.7 Å². The molecule has 0 spiro atoms. The molecule has 1 aromatic carbocycles. The summed E-state index contributed by atoms with van der Waals surface area (Å²) < 4.78 is 0. The minimum Gasteiger partial charge on any atom is -0.325 e. The van der Waals surface area contributed by atoms with Gasteiger partial charge in [0.05, 0.1) is 16.9 Å². The Kier molecular flexibility index (Phi) is 4.25. The topological polar surface area (TPSA) is 42.0 Å².